The summed E-state index contributed by atoms with van der Waals surface area (Å²) in [7, 11) is 1.40. The monoisotopic (exact) mass is 408 g/mol. The van der Waals surface area contributed by atoms with Crippen molar-refractivity contribution >= 4 is 17.4 Å². The number of benzene rings is 1. The van der Waals surface area contributed by atoms with Crippen LogP contribution in [0.1, 0.15) is 12.0 Å². The highest BCUT2D eigenvalue weighted by Crippen LogP contribution is 2.37. The normalized spacial score (nSPS) is 22.1. The Kier molecular flexibility index (Phi) is 5.52. The molecule has 0 aromatic heterocycles. The van der Waals surface area contributed by atoms with E-state index in [4.69, 9.17) is 0 Å². The number of likely N-dealkylation sites (N-methyl/N-ethyl adjacent to an activating group) is 1. The fourth-order valence-corrected chi connectivity index (χ4v) is 3.30. The van der Waals surface area contributed by atoms with Crippen LogP contribution in [-0.2, 0) is 14.3 Å². The van der Waals surface area contributed by atoms with Crippen LogP contribution in [0.25, 0.3) is 5.57 Å². The molecule has 0 saturated heterocycles. The molecule has 6 nitrogen and oxygen atoms in total. The van der Waals surface area contributed by atoms with Crippen LogP contribution in [0.5, 0.6) is 0 Å². The van der Waals surface area contributed by atoms with Crippen LogP contribution in [0.4, 0.5) is 13.2 Å². The molecule has 1 aromatic rings. The SMILES string of the molecule is CN1CC(C(=O)NCC2(OC(F)(F)F)C=CC=C(c3ccccc3)C2)=C(O)C1=O. The van der Waals surface area contributed by atoms with Crippen molar-refractivity contribution in [3.63, 3.8) is 0 Å². The van der Waals surface area contributed by atoms with Crippen molar-refractivity contribution in [3.8, 4) is 0 Å². The minimum Gasteiger partial charge on any atom is -0.503 e. The number of aliphatic hydroxyl groups excluding tert-OH is 1. The third-order valence-corrected chi connectivity index (χ3v) is 4.70. The first-order chi connectivity index (χ1) is 13.6. The standard InChI is InChI=1S/C20H19F3N2O4/c1-25-11-15(16(26)18(25)28)17(27)24-12-19(29-20(21,22)23)9-5-8-14(10-19)13-6-3-2-4-7-13/h2-9,26H,10-12H2,1H3,(H,24,27). The Labute approximate surface area is 164 Å². The third kappa shape index (κ3) is 4.68. The average Bonchev–Trinajstić information content (AvgIpc) is 2.93. The molecular weight excluding hydrogens is 389 g/mol. The summed E-state index contributed by atoms with van der Waals surface area (Å²) in [6.45, 7) is -0.630. The van der Waals surface area contributed by atoms with Gasteiger partial charge in [-0.05, 0) is 11.1 Å². The molecule has 154 valence electrons. The molecule has 0 fully saturated rings. The Morgan fingerprint density at radius 2 is 2.00 bits per heavy atom. The van der Waals surface area contributed by atoms with Crippen molar-refractivity contribution in [2.45, 2.75) is 18.4 Å². The minimum atomic E-state index is -4.93. The van der Waals surface area contributed by atoms with Crippen molar-refractivity contribution in [1.82, 2.24) is 10.2 Å². The number of nitrogens with zero attached hydrogens (tertiary/aromatic N) is 1. The van der Waals surface area contributed by atoms with Gasteiger partial charge in [-0.15, -0.1) is 13.2 Å². The zero-order valence-electron chi connectivity index (χ0n) is 15.5. The van der Waals surface area contributed by atoms with Gasteiger partial charge in [0.05, 0.1) is 18.7 Å². The van der Waals surface area contributed by atoms with Crippen LogP contribution < -0.4 is 5.32 Å². The van der Waals surface area contributed by atoms with Gasteiger partial charge in [0.25, 0.3) is 11.8 Å². The van der Waals surface area contributed by atoms with E-state index in [1.54, 1.807) is 36.4 Å². The van der Waals surface area contributed by atoms with Crippen LogP contribution in [-0.4, -0.2) is 53.9 Å². The maximum Gasteiger partial charge on any atom is 0.523 e. The molecule has 0 bridgehead atoms. The van der Waals surface area contributed by atoms with Crippen molar-refractivity contribution < 1.29 is 32.6 Å². The molecule has 1 aliphatic heterocycles. The fraction of sp³-hybridized carbons (Fsp3) is 0.300. The number of allylic oxidation sites excluding steroid dienone is 2. The van der Waals surface area contributed by atoms with Gasteiger partial charge in [-0.25, -0.2) is 0 Å². The number of ether oxygens (including phenoxy) is 1. The van der Waals surface area contributed by atoms with Crippen LogP contribution >= 0.6 is 0 Å². The quantitative estimate of drug-likeness (QED) is 0.785. The molecule has 0 spiro atoms. The number of carbonyl (C=O) groups is 2. The predicted molar refractivity (Wildman–Crippen MR) is 98.3 cm³/mol. The molecule has 2 amide bonds. The summed E-state index contributed by atoms with van der Waals surface area (Å²) in [4.78, 5) is 25.1. The number of halogens is 3. The lowest BCUT2D eigenvalue weighted by molar-refractivity contribution is -0.356. The van der Waals surface area contributed by atoms with E-state index in [-0.39, 0.29) is 18.5 Å². The first kappa shape index (κ1) is 20.7. The lowest BCUT2D eigenvalue weighted by Gasteiger charge is -2.34. The number of hydrogen-bond donors (Lipinski definition) is 2. The van der Waals surface area contributed by atoms with E-state index in [9.17, 15) is 27.9 Å². The molecule has 1 aromatic carbocycles. The van der Waals surface area contributed by atoms with Gasteiger partial charge in [-0.3, -0.25) is 14.3 Å². The first-order valence-corrected chi connectivity index (χ1v) is 8.77. The molecule has 1 unspecified atom stereocenters. The maximum absolute atomic E-state index is 13.1. The zero-order chi connectivity index (χ0) is 21.2. The lowest BCUT2D eigenvalue weighted by Crippen LogP contribution is -2.48. The summed E-state index contributed by atoms with van der Waals surface area (Å²) >= 11 is 0. The second-order valence-electron chi connectivity index (χ2n) is 6.88. The van der Waals surface area contributed by atoms with Crippen molar-refractivity contribution in [1.29, 1.82) is 0 Å². The van der Waals surface area contributed by atoms with E-state index in [1.165, 1.54) is 19.2 Å². The first-order valence-electron chi connectivity index (χ1n) is 8.77. The Hall–Kier alpha value is -3.07. The maximum atomic E-state index is 13.1. The highest BCUT2D eigenvalue weighted by Gasteiger charge is 2.44. The Bertz CT molecular complexity index is 906. The van der Waals surface area contributed by atoms with Crippen molar-refractivity contribution in [2.24, 2.45) is 0 Å². The Balaban J connectivity index is 1.80. The highest BCUT2D eigenvalue weighted by molar-refractivity contribution is 6.06. The van der Waals surface area contributed by atoms with Gasteiger partial charge < -0.3 is 15.3 Å². The number of carbonyl (C=O) groups excluding carboxylic acids is 2. The molecule has 2 aliphatic rings. The topological polar surface area (TPSA) is 78.9 Å². The number of hydrogen-bond acceptors (Lipinski definition) is 4. The second-order valence-corrected chi connectivity index (χ2v) is 6.88. The van der Waals surface area contributed by atoms with Gasteiger partial charge in [0.1, 0.15) is 5.60 Å². The summed E-state index contributed by atoms with van der Waals surface area (Å²) in [5, 5.41) is 12.1. The van der Waals surface area contributed by atoms with Crippen molar-refractivity contribution in [3.05, 3.63) is 65.5 Å². The fourth-order valence-electron chi connectivity index (χ4n) is 3.30. The summed E-state index contributed by atoms with van der Waals surface area (Å²) in [5.74, 6) is -2.25. The van der Waals surface area contributed by atoms with E-state index in [1.807, 2.05) is 0 Å². The molecule has 1 atom stereocenters. The smallest absolute Gasteiger partial charge is 0.503 e. The number of rotatable bonds is 5. The summed E-state index contributed by atoms with van der Waals surface area (Å²) in [6, 6.07) is 8.87. The summed E-state index contributed by atoms with van der Waals surface area (Å²) < 4.78 is 43.7. The Morgan fingerprint density at radius 1 is 1.31 bits per heavy atom. The number of amides is 2. The van der Waals surface area contributed by atoms with Gasteiger partial charge in [-0.2, -0.15) is 0 Å². The van der Waals surface area contributed by atoms with Crippen LogP contribution in [0.2, 0.25) is 0 Å². The van der Waals surface area contributed by atoms with Crippen LogP contribution in [0.3, 0.4) is 0 Å². The predicted octanol–water partition coefficient (Wildman–Crippen LogP) is 2.71. The van der Waals surface area contributed by atoms with Crippen LogP contribution in [0.15, 0.2) is 59.9 Å². The van der Waals surface area contributed by atoms with Gasteiger partial charge in [0.2, 0.25) is 0 Å². The summed E-state index contributed by atoms with van der Waals surface area (Å²) in [6.07, 6.45) is -0.675. The van der Waals surface area contributed by atoms with E-state index in [2.05, 4.69) is 10.1 Å². The number of aliphatic hydroxyl groups is 1. The van der Waals surface area contributed by atoms with Gasteiger partial charge >= 0.3 is 6.36 Å². The molecule has 1 aliphatic carbocycles. The zero-order valence-corrected chi connectivity index (χ0v) is 15.5. The molecule has 0 radical (unpaired) electrons. The molecule has 29 heavy (non-hydrogen) atoms. The second kappa shape index (κ2) is 7.75. The van der Waals surface area contributed by atoms with Gasteiger partial charge in [0.15, 0.2) is 5.76 Å². The molecule has 0 saturated carbocycles. The largest absolute Gasteiger partial charge is 0.523 e. The summed E-state index contributed by atoms with van der Waals surface area (Å²) in [5.41, 5.74) is -0.706. The van der Waals surface area contributed by atoms with Gasteiger partial charge in [0, 0.05) is 13.5 Å². The number of alkyl halides is 3. The van der Waals surface area contributed by atoms with E-state index >= 15 is 0 Å². The Morgan fingerprint density at radius 3 is 2.59 bits per heavy atom. The van der Waals surface area contributed by atoms with E-state index < -0.39 is 36.1 Å². The lowest BCUT2D eigenvalue weighted by atomic mass is 9.86. The van der Waals surface area contributed by atoms with Crippen molar-refractivity contribution in [2.75, 3.05) is 20.1 Å². The molecule has 9 heteroatoms. The molecule has 3 rings (SSSR count). The van der Waals surface area contributed by atoms with E-state index in [0.29, 0.717) is 5.57 Å². The molecular formula is C20H19F3N2O4. The van der Waals surface area contributed by atoms with Gasteiger partial charge in [-0.1, -0.05) is 48.6 Å². The van der Waals surface area contributed by atoms with E-state index in [0.717, 1.165) is 10.5 Å². The van der Waals surface area contributed by atoms with Crippen LogP contribution in [0, 0.1) is 0 Å². The molecule has 1 heterocycles. The molecule has 2 N–H and O–H groups in total. The number of nitrogens with one attached hydrogen (secondary N) is 1. The third-order valence-electron chi connectivity index (χ3n) is 4.70. The minimum absolute atomic E-state index is 0.128. The highest BCUT2D eigenvalue weighted by atomic mass is 19.4. The average molecular weight is 408 g/mol.